The van der Waals surface area contributed by atoms with Gasteiger partial charge in [-0.1, -0.05) is 84.9 Å². The summed E-state index contributed by atoms with van der Waals surface area (Å²) < 4.78 is 24.0. The number of pyridine rings is 1. The van der Waals surface area contributed by atoms with Gasteiger partial charge in [0.25, 0.3) is 0 Å². The lowest BCUT2D eigenvalue weighted by atomic mass is 9.91. The van der Waals surface area contributed by atoms with Gasteiger partial charge in [-0.15, -0.1) is 0 Å². The van der Waals surface area contributed by atoms with Crippen molar-refractivity contribution >= 4 is 35.7 Å². The molecule has 0 spiro atoms. The van der Waals surface area contributed by atoms with E-state index in [9.17, 15) is 34.2 Å². The Morgan fingerprint density at radius 3 is 1.90 bits per heavy atom. The first-order chi connectivity index (χ1) is 36.8. The largest absolute Gasteiger partial charge is 0.482 e. The predicted octanol–water partition coefficient (Wildman–Crippen LogP) is 4.04. The van der Waals surface area contributed by atoms with Crippen LogP contribution in [0.5, 0.6) is 11.5 Å². The molecule has 2 heterocycles. The number of fused-ring (bicyclic) bond motifs is 1. The van der Waals surface area contributed by atoms with E-state index in [0.29, 0.717) is 55.2 Å². The molecular weight excluding hydrogens is 987 g/mol. The van der Waals surface area contributed by atoms with E-state index in [1.807, 2.05) is 92.4 Å². The van der Waals surface area contributed by atoms with Crippen molar-refractivity contribution in [2.45, 2.75) is 101 Å². The number of nitrogens with zero attached hydrogens (tertiary/aromatic N) is 3. The molecule has 19 heteroatoms. The van der Waals surface area contributed by atoms with E-state index in [1.54, 1.807) is 60.9 Å². The zero-order valence-electron chi connectivity index (χ0n) is 43.6. The highest BCUT2D eigenvalue weighted by Gasteiger charge is 2.40. The van der Waals surface area contributed by atoms with Crippen molar-refractivity contribution in [2.24, 2.45) is 17.4 Å². The van der Waals surface area contributed by atoms with Gasteiger partial charge in [-0.05, 0) is 110 Å². The highest BCUT2D eigenvalue weighted by atomic mass is 16.6. The third kappa shape index (κ3) is 17.4. The molecule has 1 fully saturated rings. The van der Waals surface area contributed by atoms with Gasteiger partial charge < -0.3 is 51.3 Å². The summed E-state index contributed by atoms with van der Waals surface area (Å²) in [6.45, 7) is 6.85. The minimum atomic E-state index is -1.13. The number of piperazine rings is 1. The van der Waals surface area contributed by atoms with Gasteiger partial charge >= 0.3 is 23.9 Å². The molecule has 1 aliphatic carbocycles. The van der Waals surface area contributed by atoms with Crippen LogP contribution in [0.15, 0.2) is 128 Å². The average Bonchev–Trinajstić information content (AvgIpc) is 3.76. The fourth-order valence-electron chi connectivity index (χ4n) is 9.55. The van der Waals surface area contributed by atoms with Crippen LogP contribution in [0.25, 0.3) is 0 Å². The van der Waals surface area contributed by atoms with Crippen molar-refractivity contribution in [2.75, 3.05) is 39.4 Å². The molecule has 4 aromatic carbocycles. The average molecular weight is 1060 g/mol. The van der Waals surface area contributed by atoms with Crippen molar-refractivity contribution < 1.29 is 57.9 Å². The number of rotatable bonds is 25. The van der Waals surface area contributed by atoms with Crippen LogP contribution in [0.3, 0.4) is 0 Å². The third-order valence-corrected chi connectivity index (χ3v) is 13.4. The number of nitrogens with two attached hydrogens (primary N) is 2. The van der Waals surface area contributed by atoms with Crippen LogP contribution in [-0.4, -0.2) is 136 Å². The zero-order valence-corrected chi connectivity index (χ0v) is 43.6. The summed E-state index contributed by atoms with van der Waals surface area (Å²) in [5, 5.41) is 24.8. The molecule has 0 unspecified atom stereocenters. The van der Waals surface area contributed by atoms with Crippen molar-refractivity contribution in [3.63, 3.8) is 0 Å². The molecule has 77 heavy (non-hydrogen) atoms. The molecule has 0 radical (unpaired) electrons. The van der Waals surface area contributed by atoms with Gasteiger partial charge in [0, 0.05) is 63.0 Å². The van der Waals surface area contributed by atoms with E-state index < -0.39 is 84.9 Å². The predicted molar refractivity (Wildman–Crippen MR) is 284 cm³/mol. The lowest BCUT2D eigenvalue weighted by molar-refractivity contribution is -0.155. The van der Waals surface area contributed by atoms with Crippen LogP contribution < -0.4 is 31.6 Å². The summed E-state index contributed by atoms with van der Waals surface area (Å²) in [5.74, 6) is -4.31. The molecule has 7 rings (SSSR count). The number of carbonyl (C=O) groups is 6. The molecule has 408 valence electrons. The van der Waals surface area contributed by atoms with E-state index in [0.717, 1.165) is 22.3 Å². The maximum absolute atomic E-state index is 15.1. The molecule has 5 aromatic rings. The second kappa shape index (κ2) is 26.9. The highest BCUT2D eigenvalue weighted by molar-refractivity contribution is 5.83. The first kappa shape index (κ1) is 57.0. The Bertz CT molecular complexity index is 2780. The van der Waals surface area contributed by atoms with Crippen LogP contribution >= 0.6 is 0 Å². The Morgan fingerprint density at radius 1 is 0.714 bits per heavy atom. The van der Waals surface area contributed by atoms with Gasteiger partial charge in [0.1, 0.15) is 41.8 Å². The van der Waals surface area contributed by atoms with E-state index in [-0.39, 0.29) is 44.0 Å². The fourth-order valence-corrected chi connectivity index (χ4v) is 9.55. The van der Waals surface area contributed by atoms with Crippen molar-refractivity contribution in [1.82, 2.24) is 25.4 Å². The summed E-state index contributed by atoms with van der Waals surface area (Å²) in [5.41, 5.74) is 15.7. The van der Waals surface area contributed by atoms with E-state index >= 15 is 4.79 Å². The van der Waals surface area contributed by atoms with Crippen LogP contribution in [0.4, 0.5) is 0 Å². The number of aromatic nitrogens is 1. The summed E-state index contributed by atoms with van der Waals surface area (Å²) in [6, 6.07) is 30.4. The van der Waals surface area contributed by atoms with E-state index in [1.165, 1.54) is 0 Å². The van der Waals surface area contributed by atoms with Crippen LogP contribution in [0, 0.1) is 5.92 Å². The second-order valence-corrected chi connectivity index (χ2v) is 20.7. The summed E-state index contributed by atoms with van der Waals surface area (Å²) in [7, 11) is 0. The Labute approximate surface area is 448 Å². The fraction of sp³-hybridized carbons (Fsp3) is 0.397. The maximum atomic E-state index is 15.1. The zero-order chi connectivity index (χ0) is 55.1. The number of hydrogen-bond acceptors (Lipinski definition) is 15. The Balaban J connectivity index is 1.12. The van der Waals surface area contributed by atoms with Gasteiger partial charge in [0.15, 0.2) is 13.2 Å². The van der Waals surface area contributed by atoms with Crippen LogP contribution in [-0.2, 0) is 70.5 Å². The molecule has 2 amide bonds. The van der Waals surface area contributed by atoms with E-state index in [2.05, 4.69) is 20.5 Å². The van der Waals surface area contributed by atoms with Crippen molar-refractivity contribution in [3.05, 3.63) is 161 Å². The monoisotopic (exact) mass is 1060 g/mol. The molecule has 8 N–H and O–H groups in total. The Hall–Kier alpha value is -7.71. The van der Waals surface area contributed by atoms with Gasteiger partial charge in [0.05, 0.1) is 6.04 Å². The normalized spacial score (nSPS) is 18.1. The number of hydrogen-bond donors (Lipinski definition) is 6. The minimum Gasteiger partial charge on any atom is -0.482 e. The SMILES string of the molecule is CC(C)(C)NC(=O)[C@@H]1CN(Cc2cccnc2)CCN1C[C@H](C[C@@H](Cc1ccccc1)C(=O)N[C@H]1c2ccccc2C[C@H]1OC(=O)COc1ccc(C[C@H](N)C(=O)O)cc1)OC(=O)COc1ccc(C[C@H](N)C(=O)O)cc1. The molecule has 1 saturated heterocycles. The Morgan fingerprint density at radius 2 is 1.30 bits per heavy atom. The van der Waals surface area contributed by atoms with Crippen molar-refractivity contribution in [1.29, 1.82) is 0 Å². The molecule has 0 bridgehead atoms. The minimum absolute atomic E-state index is 0.0300. The van der Waals surface area contributed by atoms with Crippen LogP contribution in [0.1, 0.15) is 66.6 Å². The van der Waals surface area contributed by atoms with Gasteiger partial charge in [-0.2, -0.15) is 0 Å². The summed E-state index contributed by atoms with van der Waals surface area (Å²) in [4.78, 5) is 87.8. The molecule has 1 aromatic heterocycles. The number of carboxylic acids is 2. The number of carboxylic acid groups (broad SMARTS) is 2. The van der Waals surface area contributed by atoms with Crippen LogP contribution in [0.2, 0.25) is 0 Å². The number of benzene rings is 4. The smallest absolute Gasteiger partial charge is 0.344 e. The second-order valence-electron chi connectivity index (χ2n) is 20.7. The lowest BCUT2D eigenvalue weighted by Gasteiger charge is -2.42. The first-order valence-corrected chi connectivity index (χ1v) is 25.7. The number of esters is 2. The highest BCUT2D eigenvalue weighted by Crippen LogP contribution is 2.34. The Kier molecular flexibility index (Phi) is 19.9. The summed E-state index contributed by atoms with van der Waals surface area (Å²) in [6.07, 6.45) is 2.58. The number of ether oxygens (including phenoxy) is 4. The standard InChI is InChI=1S/C58H69N7O12/c1-58(2,3)63-55(69)49-34-64(32-40-12-9-23-61-31-40)24-25-65(49)33-45(76-51(66)35-74-43-19-15-38(16-20-43)27-47(59)56(70)71)29-42(26-37-10-5-4-6-11-37)54(68)62-53-46-14-8-7-13-41(46)30-50(53)77-52(67)36-75-44-21-17-39(18-22-44)28-48(60)57(72)73/h4-23,31,42,45,47-50,53H,24-30,32-36,59-60H2,1-3H3,(H,62,68)(H,63,69)(H,70,71)(H,72,73)/t42-,45+,47+,48+,49+,50-,53+/m1/s1. The number of aliphatic carboxylic acids is 2. The van der Waals surface area contributed by atoms with Crippen molar-refractivity contribution in [3.8, 4) is 11.5 Å². The molecule has 1 aliphatic heterocycles. The third-order valence-electron chi connectivity index (χ3n) is 13.4. The molecule has 0 saturated carbocycles. The molecule has 7 atom stereocenters. The number of carbonyl (C=O) groups excluding carboxylic acids is 4. The quantitative estimate of drug-likeness (QED) is 0.0450. The molecule has 19 nitrogen and oxygen atoms in total. The molecule has 2 aliphatic rings. The summed E-state index contributed by atoms with van der Waals surface area (Å²) >= 11 is 0. The van der Waals surface area contributed by atoms with Gasteiger partial charge in [-0.3, -0.25) is 34.0 Å². The lowest BCUT2D eigenvalue weighted by Crippen LogP contribution is -2.62. The van der Waals surface area contributed by atoms with Gasteiger partial charge in [0.2, 0.25) is 11.8 Å². The number of nitrogens with one attached hydrogen (secondary N) is 2. The maximum Gasteiger partial charge on any atom is 0.344 e. The topological polar surface area (TPSA) is 275 Å². The van der Waals surface area contributed by atoms with E-state index in [4.69, 9.17) is 30.4 Å². The first-order valence-electron chi connectivity index (χ1n) is 25.7. The number of amides is 2. The molecular formula is C58H69N7O12. The van der Waals surface area contributed by atoms with Gasteiger partial charge in [-0.25, -0.2) is 9.59 Å².